The molecule has 5 nitrogen and oxygen atoms in total. The predicted octanol–water partition coefficient (Wildman–Crippen LogP) is 1.86. The molecule has 1 heterocycles. The first-order chi connectivity index (χ1) is 8.69. The standard InChI is InChI=1S/C13H12O5/c1-16-12(14)11(13(15)17-2)9-7-18-10-6-4-3-5-8(9)10/h3-7,11H,1-2H3. The van der Waals surface area contributed by atoms with Crippen molar-refractivity contribution in [1.29, 1.82) is 0 Å². The van der Waals surface area contributed by atoms with Crippen LogP contribution < -0.4 is 0 Å². The molecule has 2 rings (SSSR count). The maximum atomic E-state index is 11.7. The summed E-state index contributed by atoms with van der Waals surface area (Å²) in [6, 6.07) is 7.13. The Hall–Kier alpha value is -2.30. The summed E-state index contributed by atoms with van der Waals surface area (Å²) < 4.78 is 14.6. The molecule has 0 saturated carbocycles. The van der Waals surface area contributed by atoms with Crippen LogP contribution in [0.3, 0.4) is 0 Å². The second kappa shape index (κ2) is 4.91. The number of carbonyl (C=O) groups is 2. The van der Waals surface area contributed by atoms with Gasteiger partial charge in [0.15, 0.2) is 5.92 Å². The van der Waals surface area contributed by atoms with Gasteiger partial charge in [0.2, 0.25) is 0 Å². The molecular weight excluding hydrogens is 236 g/mol. The Morgan fingerprint density at radius 2 is 1.72 bits per heavy atom. The van der Waals surface area contributed by atoms with Crippen molar-refractivity contribution in [2.45, 2.75) is 5.92 Å². The molecule has 5 heteroatoms. The lowest BCUT2D eigenvalue weighted by molar-refractivity contribution is -0.154. The second-order valence-corrected chi connectivity index (χ2v) is 3.67. The summed E-state index contributed by atoms with van der Waals surface area (Å²) >= 11 is 0. The van der Waals surface area contributed by atoms with Crippen LogP contribution in [-0.4, -0.2) is 26.2 Å². The van der Waals surface area contributed by atoms with Gasteiger partial charge in [0, 0.05) is 10.9 Å². The van der Waals surface area contributed by atoms with Crippen LogP contribution in [0.15, 0.2) is 34.9 Å². The zero-order chi connectivity index (χ0) is 13.1. The van der Waals surface area contributed by atoms with E-state index in [0.717, 1.165) is 0 Å². The smallest absolute Gasteiger partial charge is 0.324 e. The number of carbonyl (C=O) groups excluding carboxylic acids is 2. The van der Waals surface area contributed by atoms with Crippen LogP contribution in [0.1, 0.15) is 11.5 Å². The number of furan rings is 1. The zero-order valence-corrected chi connectivity index (χ0v) is 10.0. The van der Waals surface area contributed by atoms with E-state index < -0.39 is 17.9 Å². The lowest BCUT2D eigenvalue weighted by Crippen LogP contribution is -2.24. The Kier molecular flexibility index (Phi) is 3.32. The van der Waals surface area contributed by atoms with Gasteiger partial charge in [-0.3, -0.25) is 9.59 Å². The minimum atomic E-state index is -1.12. The van der Waals surface area contributed by atoms with E-state index in [1.165, 1.54) is 20.5 Å². The van der Waals surface area contributed by atoms with E-state index in [9.17, 15) is 9.59 Å². The summed E-state index contributed by atoms with van der Waals surface area (Å²) in [6.45, 7) is 0. The first-order valence-electron chi connectivity index (χ1n) is 5.30. The molecular formula is C13H12O5. The van der Waals surface area contributed by atoms with Crippen LogP contribution in [0, 0.1) is 0 Å². The first kappa shape index (κ1) is 12.2. The molecule has 0 aliphatic rings. The van der Waals surface area contributed by atoms with Crippen LogP contribution in [-0.2, 0) is 19.1 Å². The number of ether oxygens (including phenoxy) is 2. The van der Waals surface area contributed by atoms with Gasteiger partial charge in [0.1, 0.15) is 5.58 Å². The topological polar surface area (TPSA) is 65.7 Å². The fourth-order valence-corrected chi connectivity index (χ4v) is 1.81. The molecule has 18 heavy (non-hydrogen) atoms. The average molecular weight is 248 g/mol. The maximum Gasteiger partial charge on any atom is 0.324 e. The summed E-state index contributed by atoms with van der Waals surface area (Å²) in [7, 11) is 2.45. The Balaban J connectivity index is 2.54. The fraction of sp³-hybridized carbons (Fsp3) is 0.231. The van der Waals surface area contributed by atoms with Gasteiger partial charge in [-0.05, 0) is 6.07 Å². The van der Waals surface area contributed by atoms with Crippen molar-refractivity contribution in [2.24, 2.45) is 0 Å². The maximum absolute atomic E-state index is 11.7. The van der Waals surface area contributed by atoms with Crippen LogP contribution in [0.4, 0.5) is 0 Å². The minimum Gasteiger partial charge on any atom is -0.468 e. The number of hydrogen-bond acceptors (Lipinski definition) is 5. The normalized spacial score (nSPS) is 10.6. The Bertz CT molecular complexity index is 568. The largest absolute Gasteiger partial charge is 0.468 e. The number of hydrogen-bond donors (Lipinski definition) is 0. The number of para-hydroxylation sites is 1. The third kappa shape index (κ3) is 1.95. The van der Waals surface area contributed by atoms with Gasteiger partial charge in [-0.1, -0.05) is 18.2 Å². The summed E-state index contributed by atoms with van der Waals surface area (Å²) in [5.74, 6) is -2.47. The van der Waals surface area contributed by atoms with Gasteiger partial charge in [-0.2, -0.15) is 0 Å². The van der Waals surface area contributed by atoms with Gasteiger partial charge in [-0.25, -0.2) is 0 Å². The highest BCUT2D eigenvalue weighted by atomic mass is 16.5. The number of methoxy groups -OCH3 is 2. The third-order valence-electron chi connectivity index (χ3n) is 2.70. The van der Waals surface area contributed by atoms with E-state index in [0.29, 0.717) is 16.5 Å². The molecule has 1 aromatic carbocycles. The van der Waals surface area contributed by atoms with Crippen LogP contribution >= 0.6 is 0 Å². The molecule has 0 aliphatic carbocycles. The van der Waals surface area contributed by atoms with E-state index in [1.54, 1.807) is 24.3 Å². The van der Waals surface area contributed by atoms with Crippen molar-refractivity contribution in [2.75, 3.05) is 14.2 Å². The summed E-state index contributed by atoms with van der Waals surface area (Å²) in [5, 5.41) is 0.693. The van der Waals surface area contributed by atoms with Crippen molar-refractivity contribution >= 4 is 22.9 Å². The number of esters is 2. The lowest BCUT2D eigenvalue weighted by Gasteiger charge is -2.10. The van der Waals surface area contributed by atoms with E-state index >= 15 is 0 Å². The predicted molar refractivity (Wildman–Crippen MR) is 63.0 cm³/mol. The number of rotatable bonds is 3. The molecule has 0 atom stereocenters. The van der Waals surface area contributed by atoms with Crippen molar-refractivity contribution in [3.05, 3.63) is 36.1 Å². The molecule has 0 aliphatic heterocycles. The van der Waals surface area contributed by atoms with Gasteiger partial charge in [0.05, 0.1) is 20.5 Å². The molecule has 0 bridgehead atoms. The number of fused-ring (bicyclic) bond motifs is 1. The van der Waals surface area contributed by atoms with E-state index in [1.807, 2.05) is 0 Å². The lowest BCUT2D eigenvalue weighted by atomic mass is 9.99. The molecule has 0 saturated heterocycles. The zero-order valence-electron chi connectivity index (χ0n) is 10.0. The van der Waals surface area contributed by atoms with Crippen molar-refractivity contribution in [3.8, 4) is 0 Å². The van der Waals surface area contributed by atoms with E-state index in [2.05, 4.69) is 9.47 Å². The molecule has 0 N–H and O–H groups in total. The van der Waals surface area contributed by atoms with Gasteiger partial charge < -0.3 is 13.9 Å². The summed E-state index contributed by atoms with van der Waals surface area (Å²) in [5.41, 5.74) is 1.05. The fourth-order valence-electron chi connectivity index (χ4n) is 1.81. The minimum absolute atomic E-state index is 0.448. The van der Waals surface area contributed by atoms with E-state index in [-0.39, 0.29) is 0 Å². The summed E-state index contributed by atoms with van der Waals surface area (Å²) in [4.78, 5) is 23.4. The molecule has 1 aromatic heterocycles. The van der Waals surface area contributed by atoms with Crippen molar-refractivity contribution in [1.82, 2.24) is 0 Å². The Morgan fingerprint density at radius 1 is 1.11 bits per heavy atom. The molecule has 0 fully saturated rings. The first-order valence-corrected chi connectivity index (χ1v) is 5.30. The number of benzene rings is 1. The Labute approximate surface area is 103 Å². The molecule has 2 aromatic rings. The van der Waals surface area contributed by atoms with E-state index in [4.69, 9.17) is 4.42 Å². The molecule has 0 unspecified atom stereocenters. The highest BCUT2D eigenvalue weighted by molar-refractivity contribution is 6.04. The van der Waals surface area contributed by atoms with Gasteiger partial charge in [0.25, 0.3) is 0 Å². The monoisotopic (exact) mass is 248 g/mol. The Morgan fingerprint density at radius 3 is 2.33 bits per heavy atom. The van der Waals surface area contributed by atoms with Crippen LogP contribution in [0.25, 0.3) is 11.0 Å². The SMILES string of the molecule is COC(=O)C(C(=O)OC)c1coc2ccccc12. The third-order valence-corrected chi connectivity index (χ3v) is 2.70. The average Bonchev–Trinajstić information content (AvgIpc) is 2.82. The molecule has 0 amide bonds. The highest BCUT2D eigenvalue weighted by Gasteiger charge is 2.33. The van der Waals surface area contributed by atoms with Crippen molar-refractivity contribution in [3.63, 3.8) is 0 Å². The molecule has 0 spiro atoms. The van der Waals surface area contributed by atoms with Crippen LogP contribution in [0.5, 0.6) is 0 Å². The highest BCUT2D eigenvalue weighted by Crippen LogP contribution is 2.29. The molecule has 94 valence electrons. The van der Waals surface area contributed by atoms with Crippen LogP contribution in [0.2, 0.25) is 0 Å². The van der Waals surface area contributed by atoms with Gasteiger partial charge in [-0.15, -0.1) is 0 Å². The van der Waals surface area contributed by atoms with Crippen molar-refractivity contribution < 1.29 is 23.5 Å². The second-order valence-electron chi connectivity index (χ2n) is 3.67. The molecule has 0 radical (unpaired) electrons. The van der Waals surface area contributed by atoms with Gasteiger partial charge >= 0.3 is 11.9 Å². The quantitative estimate of drug-likeness (QED) is 0.612. The summed E-state index contributed by atoms with van der Waals surface area (Å²) in [6.07, 6.45) is 1.38.